The maximum atomic E-state index is 4.53. The molecule has 1 aromatic carbocycles. The number of fused-ring (bicyclic) bond motifs is 1. The average molecular weight is 267 g/mol. The van der Waals surface area contributed by atoms with Crippen LogP contribution in [0.1, 0.15) is 26.5 Å². The van der Waals surface area contributed by atoms with Gasteiger partial charge in [-0.15, -0.1) is 0 Å². The van der Waals surface area contributed by atoms with Crippen LogP contribution in [0.5, 0.6) is 0 Å². The molecule has 0 fully saturated rings. The summed E-state index contributed by atoms with van der Waals surface area (Å²) >= 11 is 3.47. The summed E-state index contributed by atoms with van der Waals surface area (Å²) in [5.41, 5.74) is 2.46. The highest BCUT2D eigenvalue weighted by Gasteiger charge is 2.21. The first-order valence-corrected chi connectivity index (χ1v) is 5.81. The maximum absolute atomic E-state index is 4.53. The fourth-order valence-electron chi connectivity index (χ4n) is 2.06. The minimum Gasteiger partial charge on any atom is -0.271 e. The van der Waals surface area contributed by atoms with Crippen LogP contribution < -0.4 is 0 Å². The molecule has 2 aromatic rings. The first kappa shape index (κ1) is 10.7. The molecule has 2 rings (SSSR count). The normalized spacial score (nSPS) is 12.3. The third kappa shape index (κ3) is 1.81. The SMILES string of the molecule is Cn1nc2cc(Br)ccc2c1C(C)(C)C. The molecule has 0 aliphatic heterocycles. The summed E-state index contributed by atoms with van der Waals surface area (Å²) in [6.07, 6.45) is 0. The van der Waals surface area contributed by atoms with Crippen molar-refractivity contribution >= 4 is 26.8 Å². The standard InChI is InChI=1S/C12H15BrN2/c1-12(2,3)11-9-6-5-8(13)7-10(9)14-15(11)4/h5-7H,1-4H3. The van der Waals surface area contributed by atoms with Crippen LogP contribution in [0.25, 0.3) is 10.9 Å². The van der Waals surface area contributed by atoms with Crippen molar-refractivity contribution in [3.63, 3.8) is 0 Å². The highest BCUT2D eigenvalue weighted by Crippen LogP contribution is 2.30. The summed E-state index contributed by atoms with van der Waals surface area (Å²) < 4.78 is 3.06. The minimum absolute atomic E-state index is 0.122. The summed E-state index contributed by atoms with van der Waals surface area (Å²) in [5, 5.41) is 5.77. The largest absolute Gasteiger partial charge is 0.271 e. The second-order valence-electron chi connectivity index (χ2n) is 4.88. The molecule has 0 saturated carbocycles. The number of hydrogen-bond acceptors (Lipinski definition) is 1. The number of aryl methyl sites for hydroxylation is 1. The van der Waals surface area contributed by atoms with Crippen LogP contribution in [-0.4, -0.2) is 9.78 Å². The quantitative estimate of drug-likeness (QED) is 0.712. The molecule has 0 amide bonds. The van der Waals surface area contributed by atoms with Crippen LogP contribution in [0.3, 0.4) is 0 Å². The summed E-state index contributed by atoms with van der Waals surface area (Å²) in [6.45, 7) is 6.64. The van der Waals surface area contributed by atoms with Gasteiger partial charge in [0, 0.05) is 22.3 Å². The Kier molecular flexibility index (Phi) is 2.38. The molecular formula is C12H15BrN2. The molecule has 2 nitrogen and oxygen atoms in total. The van der Waals surface area contributed by atoms with Crippen molar-refractivity contribution in [2.45, 2.75) is 26.2 Å². The molecule has 0 unspecified atom stereocenters. The van der Waals surface area contributed by atoms with Gasteiger partial charge in [-0.3, -0.25) is 4.68 Å². The van der Waals surface area contributed by atoms with Crippen molar-refractivity contribution < 1.29 is 0 Å². The van der Waals surface area contributed by atoms with Crippen LogP contribution in [0.4, 0.5) is 0 Å². The zero-order valence-electron chi connectivity index (χ0n) is 9.50. The van der Waals surface area contributed by atoms with Gasteiger partial charge in [-0.1, -0.05) is 36.7 Å². The maximum Gasteiger partial charge on any atom is 0.0937 e. The van der Waals surface area contributed by atoms with Crippen LogP contribution in [0, 0.1) is 0 Å². The molecule has 3 heteroatoms. The van der Waals surface area contributed by atoms with E-state index in [0.29, 0.717) is 0 Å². The summed E-state index contributed by atoms with van der Waals surface area (Å²) in [4.78, 5) is 0. The molecule has 1 aromatic heterocycles. The van der Waals surface area contributed by atoms with Gasteiger partial charge in [-0.05, 0) is 18.2 Å². The zero-order valence-corrected chi connectivity index (χ0v) is 11.1. The van der Waals surface area contributed by atoms with E-state index in [2.05, 4.69) is 60.0 Å². The molecule has 80 valence electrons. The molecule has 0 radical (unpaired) electrons. The predicted octanol–water partition coefficient (Wildman–Crippen LogP) is 3.63. The van der Waals surface area contributed by atoms with Gasteiger partial charge in [0.05, 0.1) is 11.2 Å². The Morgan fingerprint density at radius 3 is 2.53 bits per heavy atom. The van der Waals surface area contributed by atoms with Gasteiger partial charge in [0.1, 0.15) is 0 Å². The molecule has 0 saturated heterocycles. The second kappa shape index (κ2) is 3.34. The second-order valence-corrected chi connectivity index (χ2v) is 5.80. The van der Waals surface area contributed by atoms with Gasteiger partial charge in [-0.25, -0.2) is 0 Å². The molecule has 0 atom stereocenters. The Bertz CT molecular complexity index is 506. The summed E-state index contributed by atoms with van der Waals surface area (Å²) in [6, 6.07) is 6.26. The van der Waals surface area contributed by atoms with Crippen LogP contribution in [0.2, 0.25) is 0 Å². The fraction of sp³-hybridized carbons (Fsp3) is 0.417. The van der Waals surface area contributed by atoms with E-state index in [4.69, 9.17) is 0 Å². The summed E-state index contributed by atoms with van der Waals surface area (Å²) in [7, 11) is 2.01. The van der Waals surface area contributed by atoms with E-state index >= 15 is 0 Å². The molecule has 15 heavy (non-hydrogen) atoms. The van der Waals surface area contributed by atoms with E-state index in [1.165, 1.54) is 11.1 Å². The van der Waals surface area contributed by atoms with Gasteiger partial charge >= 0.3 is 0 Å². The molecule has 1 heterocycles. The Morgan fingerprint density at radius 2 is 1.93 bits per heavy atom. The van der Waals surface area contributed by atoms with E-state index in [9.17, 15) is 0 Å². The molecule has 0 spiro atoms. The lowest BCUT2D eigenvalue weighted by atomic mass is 9.90. The van der Waals surface area contributed by atoms with Gasteiger partial charge in [0.2, 0.25) is 0 Å². The van der Waals surface area contributed by atoms with Crippen molar-refractivity contribution in [1.29, 1.82) is 0 Å². The van der Waals surface area contributed by atoms with Crippen LogP contribution >= 0.6 is 15.9 Å². The Morgan fingerprint density at radius 1 is 1.27 bits per heavy atom. The third-order valence-corrected chi connectivity index (χ3v) is 3.00. The number of aromatic nitrogens is 2. The van der Waals surface area contributed by atoms with Gasteiger partial charge in [0.25, 0.3) is 0 Å². The third-order valence-electron chi connectivity index (χ3n) is 2.51. The highest BCUT2D eigenvalue weighted by molar-refractivity contribution is 9.10. The minimum atomic E-state index is 0.122. The van der Waals surface area contributed by atoms with Crippen molar-refractivity contribution in [2.24, 2.45) is 7.05 Å². The first-order chi connectivity index (χ1) is 6.89. The molecular weight excluding hydrogens is 252 g/mol. The van der Waals surface area contributed by atoms with E-state index in [-0.39, 0.29) is 5.41 Å². The average Bonchev–Trinajstić information content (AvgIpc) is 2.38. The molecule has 0 bridgehead atoms. The molecule has 0 N–H and O–H groups in total. The number of hydrogen-bond donors (Lipinski definition) is 0. The van der Waals surface area contributed by atoms with Crippen LogP contribution in [-0.2, 0) is 12.5 Å². The van der Waals surface area contributed by atoms with E-state index in [1.54, 1.807) is 0 Å². The van der Waals surface area contributed by atoms with Crippen molar-refractivity contribution in [1.82, 2.24) is 9.78 Å². The Labute approximate surface area is 98.4 Å². The van der Waals surface area contributed by atoms with Gasteiger partial charge in [0.15, 0.2) is 0 Å². The van der Waals surface area contributed by atoms with Gasteiger partial charge in [-0.2, -0.15) is 5.10 Å². The molecule has 0 aliphatic rings. The van der Waals surface area contributed by atoms with Crippen molar-refractivity contribution in [2.75, 3.05) is 0 Å². The number of nitrogens with zero attached hydrogens (tertiary/aromatic N) is 2. The Balaban J connectivity index is 2.80. The lowest BCUT2D eigenvalue weighted by molar-refractivity contribution is 0.528. The van der Waals surface area contributed by atoms with Crippen molar-refractivity contribution in [3.05, 3.63) is 28.4 Å². The topological polar surface area (TPSA) is 17.8 Å². The lowest BCUT2D eigenvalue weighted by Crippen LogP contribution is -2.16. The zero-order chi connectivity index (χ0) is 11.2. The Hall–Kier alpha value is -0.830. The lowest BCUT2D eigenvalue weighted by Gasteiger charge is -2.19. The van der Waals surface area contributed by atoms with E-state index in [0.717, 1.165) is 9.99 Å². The van der Waals surface area contributed by atoms with Crippen molar-refractivity contribution in [3.8, 4) is 0 Å². The number of benzene rings is 1. The number of halogens is 1. The van der Waals surface area contributed by atoms with Gasteiger partial charge < -0.3 is 0 Å². The monoisotopic (exact) mass is 266 g/mol. The van der Waals surface area contributed by atoms with E-state index < -0.39 is 0 Å². The first-order valence-electron chi connectivity index (χ1n) is 5.02. The smallest absolute Gasteiger partial charge is 0.0937 e. The summed E-state index contributed by atoms with van der Waals surface area (Å²) in [5.74, 6) is 0. The highest BCUT2D eigenvalue weighted by atomic mass is 79.9. The molecule has 0 aliphatic carbocycles. The predicted molar refractivity (Wildman–Crippen MR) is 67.1 cm³/mol. The fourth-order valence-corrected chi connectivity index (χ4v) is 2.41. The van der Waals surface area contributed by atoms with E-state index in [1.807, 2.05) is 11.7 Å². The number of rotatable bonds is 0. The van der Waals surface area contributed by atoms with Crippen LogP contribution in [0.15, 0.2) is 22.7 Å².